The van der Waals surface area contributed by atoms with Crippen LogP contribution in [0.2, 0.25) is 0 Å². The van der Waals surface area contributed by atoms with Crippen LogP contribution >= 0.6 is 11.6 Å². The Bertz CT molecular complexity index is 944. The van der Waals surface area contributed by atoms with Crippen LogP contribution < -0.4 is 0 Å². The van der Waals surface area contributed by atoms with Crippen LogP contribution in [0.3, 0.4) is 0 Å². The molecule has 0 aliphatic carbocycles. The maximum atomic E-state index is 11.2. The van der Waals surface area contributed by atoms with Gasteiger partial charge in [-0.05, 0) is 12.8 Å². The van der Waals surface area contributed by atoms with Gasteiger partial charge in [0, 0.05) is 0 Å². The van der Waals surface area contributed by atoms with E-state index in [1.807, 2.05) is 0 Å². The van der Waals surface area contributed by atoms with E-state index in [-0.39, 0.29) is 5.88 Å². The van der Waals surface area contributed by atoms with Crippen LogP contribution in [-0.4, -0.2) is 143 Å². The van der Waals surface area contributed by atoms with Gasteiger partial charge in [0.1, 0.15) is 5.88 Å². The molecule has 2 atom stereocenters. The molecular formula is C26H41ClN2O17. The van der Waals surface area contributed by atoms with Crippen molar-refractivity contribution in [2.24, 2.45) is 9.98 Å². The summed E-state index contributed by atoms with van der Waals surface area (Å²) >= 11 is 4.98. The van der Waals surface area contributed by atoms with Crippen LogP contribution in [0.15, 0.2) is 9.98 Å². The predicted molar refractivity (Wildman–Crippen MR) is 153 cm³/mol. The molecule has 0 spiro atoms. The minimum absolute atomic E-state index is 0.0590. The summed E-state index contributed by atoms with van der Waals surface area (Å²) in [5.41, 5.74) is -2.26. The van der Waals surface area contributed by atoms with E-state index in [2.05, 4.69) is 38.4 Å². The summed E-state index contributed by atoms with van der Waals surface area (Å²) in [5, 5.41) is 27.5. The molecule has 3 N–H and O–H groups in total. The standard InChI is InChI=1S/C9H14O7.C8H12N2O2.C6H10O6.C3H5ClO2/c1-14-6(10)4-9(13,8(12)16-3)5-7(11)15-2;11-7-9-5-3-1-2-4-6-10-8-12;1-11-5(9)3(7)4(8)6(10)12-2;1-6-3(5)2-4/h13H,4-5H2,1-3H3;1-6H2;3-4,7-8H,1-2H3;2H2,1H3. The smallest absolute Gasteiger partial charge is 0.339 e. The highest BCUT2D eigenvalue weighted by atomic mass is 35.5. The Hall–Kier alpha value is -4.25. The van der Waals surface area contributed by atoms with E-state index < -0.39 is 66.5 Å². The number of esters is 6. The average molecular weight is 689 g/mol. The summed E-state index contributed by atoms with van der Waals surface area (Å²) in [5.74, 6) is -5.40. The Labute approximate surface area is 269 Å². The van der Waals surface area contributed by atoms with E-state index in [0.29, 0.717) is 13.1 Å². The van der Waals surface area contributed by atoms with Gasteiger partial charge < -0.3 is 43.7 Å². The Balaban J connectivity index is -0.000000267. The number of alkyl halides is 1. The topological polar surface area (TPSA) is 277 Å². The lowest BCUT2D eigenvalue weighted by Crippen LogP contribution is -2.44. The molecule has 2 unspecified atom stereocenters. The van der Waals surface area contributed by atoms with Crippen molar-refractivity contribution in [1.29, 1.82) is 0 Å². The van der Waals surface area contributed by atoms with Crippen LogP contribution in [0.25, 0.3) is 0 Å². The molecule has 0 heterocycles. The molecule has 264 valence electrons. The number of aliphatic hydroxyl groups excluding tert-OH is 2. The molecular weight excluding hydrogens is 648 g/mol. The first kappa shape index (κ1) is 48.6. The third kappa shape index (κ3) is 27.3. The quantitative estimate of drug-likeness (QED) is 0.0423. The molecule has 0 saturated heterocycles. The van der Waals surface area contributed by atoms with Crippen molar-refractivity contribution in [2.75, 3.05) is 61.6 Å². The Morgan fingerprint density at radius 3 is 1.20 bits per heavy atom. The van der Waals surface area contributed by atoms with Crippen molar-refractivity contribution in [2.45, 2.75) is 56.3 Å². The summed E-state index contributed by atoms with van der Waals surface area (Å²) in [4.78, 5) is 90.2. The number of isocyanates is 2. The molecule has 0 aromatic rings. The molecule has 0 amide bonds. The number of hydrogen-bond acceptors (Lipinski definition) is 19. The lowest BCUT2D eigenvalue weighted by molar-refractivity contribution is -0.174. The number of methoxy groups -OCH3 is 6. The largest absolute Gasteiger partial charge is 0.469 e. The number of unbranched alkanes of at least 4 members (excludes halogenated alkanes) is 3. The zero-order chi connectivity index (χ0) is 36.6. The van der Waals surface area contributed by atoms with Gasteiger partial charge >= 0.3 is 35.8 Å². The van der Waals surface area contributed by atoms with Gasteiger partial charge in [-0.25, -0.2) is 34.0 Å². The highest BCUT2D eigenvalue weighted by molar-refractivity contribution is 6.26. The maximum Gasteiger partial charge on any atom is 0.339 e. The summed E-state index contributed by atoms with van der Waals surface area (Å²) < 4.78 is 25.2. The van der Waals surface area contributed by atoms with E-state index in [4.69, 9.17) is 21.8 Å². The van der Waals surface area contributed by atoms with E-state index in [1.165, 1.54) is 19.3 Å². The molecule has 0 bridgehead atoms. The summed E-state index contributed by atoms with van der Waals surface area (Å²) in [6, 6.07) is 0. The Kier molecular flexibility index (Phi) is 34.0. The van der Waals surface area contributed by atoms with E-state index in [9.17, 15) is 43.5 Å². The number of nitrogens with zero attached hydrogens (tertiary/aromatic N) is 2. The van der Waals surface area contributed by atoms with Crippen LogP contribution in [-0.2, 0) is 66.8 Å². The summed E-state index contributed by atoms with van der Waals surface area (Å²) in [6.07, 6.45) is 1.65. The number of hydrogen-bond donors (Lipinski definition) is 3. The highest BCUT2D eigenvalue weighted by Gasteiger charge is 2.42. The van der Waals surface area contributed by atoms with E-state index in [1.54, 1.807) is 0 Å². The monoisotopic (exact) mass is 688 g/mol. The highest BCUT2D eigenvalue weighted by Crippen LogP contribution is 2.19. The minimum Gasteiger partial charge on any atom is -0.469 e. The fourth-order valence-electron chi connectivity index (χ4n) is 2.40. The van der Waals surface area contributed by atoms with Gasteiger partial charge in [-0.2, -0.15) is 0 Å². The van der Waals surface area contributed by atoms with Crippen molar-refractivity contribution in [3.05, 3.63) is 0 Å². The molecule has 46 heavy (non-hydrogen) atoms. The molecule has 0 radical (unpaired) electrons. The van der Waals surface area contributed by atoms with Crippen molar-refractivity contribution >= 4 is 59.6 Å². The average Bonchev–Trinajstić information content (AvgIpc) is 3.07. The molecule has 0 fully saturated rings. The molecule has 0 aliphatic heterocycles. The fourth-order valence-corrected chi connectivity index (χ4v) is 2.51. The number of carbonyl (C=O) groups is 6. The van der Waals surface area contributed by atoms with Gasteiger partial charge in [0.05, 0.1) is 68.6 Å². The van der Waals surface area contributed by atoms with Crippen molar-refractivity contribution in [3.8, 4) is 0 Å². The maximum absolute atomic E-state index is 11.2. The summed E-state index contributed by atoms with van der Waals surface area (Å²) in [7, 11) is 6.56. The van der Waals surface area contributed by atoms with Crippen molar-refractivity contribution in [3.63, 3.8) is 0 Å². The normalized spacial score (nSPS) is 10.7. The van der Waals surface area contributed by atoms with Crippen molar-refractivity contribution < 1.29 is 82.1 Å². The first-order chi connectivity index (χ1) is 21.7. The van der Waals surface area contributed by atoms with Crippen LogP contribution in [0.4, 0.5) is 0 Å². The number of halogens is 1. The lowest BCUT2D eigenvalue weighted by atomic mass is 9.96. The second kappa shape index (κ2) is 32.2. The number of rotatable bonds is 16. The number of carbonyl (C=O) groups excluding carboxylic acids is 8. The zero-order valence-corrected chi connectivity index (χ0v) is 27.1. The molecule has 0 aromatic heterocycles. The number of aliphatic imine (C=N–C) groups is 2. The summed E-state index contributed by atoms with van der Waals surface area (Å²) in [6.45, 7) is 1.11. The van der Waals surface area contributed by atoms with Gasteiger partial charge in [-0.1, -0.05) is 12.8 Å². The number of aliphatic hydroxyl groups is 3. The van der Waals surface area contributed by atoms with Gasteiger partial charge in [0.2, 0.25) is 12.2 Å². The first-order valence-electron chi connectivity index (χ1n) is 12.8. The minimum atomic E-state index is -2.26. The third-order valence-electron chi connectivity index (χ3n) is 4.83. The van der Waals surface area contributed by atoms with Gasteiger partial charge in [0.15, 0.2) is 17.8 Å². The van der Waals surface area contributed by atoms with Crippen LogP contribution in [0.1, 0.15) is 38.5 Å². The first-order valence-corrected chi connectivity index (χ1v) is 13.4. The van der Waals surface area contributed by atoms with Gasteiger partial charge in [0.25, 0.3) is 0 Å². The third-order valence-corrected chi connectivity index (χ3v) is 5.05. The fraction of sp³-hybridized carbons (Fsp3) is 0.692. The molecule has 19 nitrogen and oxygen atoms in total. The molecule has 0 aromatic carbocycles. The van der Waals surface area contributed by atoms with E-state index in [0.717, 1.165) is 61.2 Å². The molecule has 20 heteroatoms. The van der Waals surface area contributed by atoms with Gasteiger partial charge in [-0.3, -0.25) is 14.4 Å². The SMILES string of the molecule is COC(=O)C(O)C(O)C(=O)OC.COC(=O)CC(O)(CC(=O)OC)C(=O)OC.COC(=O)CCl.O=C=NCCCCCCN=C=O. The molecule has 0 saturated carbocycles. The van der Waals surface area contributed by atoms with Crippen molar-refractivity contribution in [1.82, 2.24) is 0 Å². The number of ether oxygens (including phenoxy) is 6. The Morgan fingerprint density at radius 2 is 0.978 bits per heavy atom. The predicted octanol–water partition coefficient (Wildman–Crippen LogP) is -1.31. The van der Waals surface area contributed by atoms with Crippen LogP contribution in [0, 0.1) is 0 Å². The van der Waals surface area contributed by atoms with Gasteiger partial charge in [-0.15, -0.1) is 11.6 Å². The lowest BCUT2D eigenvalue weighted by Gasteiger charge is -2.22. The van der Waals surface area contributed by atoms with E-state index >= 15 is 0 Å². The zero-order valence-electron chi connectivity index (χ0n) is 26.3. The second-order valence-corrected chi connectivity index (χ2v) is 8.30. The van der Waals surface area contributed by atoms with Crippen LogP contribution in [0.5, 0.6) is 0 Å². The molecule has 0 rings (SSSR count). The Morgan fingerprint density at radius 1 is 0.630 bits per heavy atom. The molecule has 0 aliphatic rings. The second-order valence-electron chi connectivity index (χ2n) is 8.03.